The van der Waals surface area contributed by atoms with Crippen molar-refractivity contribution >= 4 is 28.9 Å². The van der Waals surface area contributed by atoms with Gasteiger partial charge in [-0.25, -0.2) is 0 Å². The molecule has 1 aromatic rings. The van der Waals surface area contributed by atoms with Crippen LogP contribution in [0.1, 0.15) is 25.8 Å². The van der Waals surface area contributed by atoms with Crippen LogP contribution >= 0.6 is 11.8 Å². The monoisotopic (exact) mass is 384 g/mol. The predicted molar refractivity (Wildman–Crippen MR) is 108 cm³/mol. The number of aliphatic imine (C=N–C) groups is 1. The first kappa shape index (κ1) is 19.5. The number of carbonyl (C=O) groups is 1. The molecule has 1 saturated heterocycles. The fraction of sp³-hybridized carbons (Fsp3) is 0.450. The molecule has 0 bridgehead atoms. The second-order valence-electron chi connectivity index (χ2n) is 6.75. The lowest BCUT2D eigenvalue weighted by Crippen LogP contribution is -2.47. The van der Waals surface area contributed by atoms with Gasteiger partial charge >= 0.3 is 0 Å². The molecule has 3 rings (SSSR count). The lowest BCUT2D eigenvalue weighted by atomic mass is 10.2. The molecular weight excluding hydrogens is 360 g/mol. The van der Waals surface area contributed by atoms with Crippen molar-refractivity contribution < 1.29 is 9.53 Å². The molecule has 1 fully saturated rings. The first-order chi connectivity index (χ1) is 13.1. The quantitative estimate of drug-likeness (QED) is 0.727. The van der Waals surface area contributed by atoms with Gasteiger partial charge in [0.2, 0.25) is 0 Å². The van der Waals surface area contributed by atoms with E-state index in [9.17, 15) is 4.79 Å². The Morgan fingerprint density at radius 3 is 2.74 bits per heavy atom. The summed E-state index contributed by atoms with van der Waals surface area (Å²) in [5.41, 5.74) is 0.889. The number of rotatable bonds is 5. The molecule has 1 aromatic carbocycles. The van der Waals surface area contributed by atoms with Crippen LogP contribution in [0, 0.1) is 11.3 Å². The number of nitrogens with zero attached hydrogens (tertiary/aromatic N) is 4. The maximum atomic E-state index is 12.4. The van der Waals surface area contributed by atoms with E-state index in [2.05, 4.69) is 20.9 Å². The number of ether oxygens (including phenoxy) is 1. The highest BCUT2D eigenvalue weighted by molar-refractivity contribution is 8.18. The van der Waals surface area contributed by atoms with Gasteiger partial charge in [-0.3, -0.25) is 9.69 Å². The molecule has 27 heavy (non-hydrogen) atoms. The highest BCUT2D eigenvalue weighted by Crippen LogP contribution is 2.32. The number of amidine groups is 1. The number of hydrogen-bond acceptors (Lipinski definition) is 6. The van der Waals surface area contributed by atoms with Gasteiger partial charge in [0, 0.05) is 44.7 Å². The summed E-state index contributed by atoms with van der Waals surface area (Å²) in [5, 5.41) is 9.48. The van der Waals surface area contributed by atoms with Crippen molar-refractivity contribution in [2.45, 2.75) is 26.4 Å². The number of hydrogen-bond donors (Lipinski definition) is 0. The van der Waals surface area contributed by atoms with Crippen LogP contribution in [-0.4, -0.2) is 59.7 Å². The van der Waals surface area contributed by atoms with E-state index < -0.39 is 0 Å². The van der Waals surface area contributed by atoms with Crippen molar-refractivity contribution in [3.05, 3.63) is 34.7 Å². The summed E-state index contributed by atoms with van der Waals surface area (Å²) in [6, 6.07) is 9.92. The van der Waals surface area contributed by atoms with E-state index >= 15 is 0 Å². The number of amides is 1. The van der Waals surface area contributed by atoms with Gasteiger partial charge in [0.05, 0.1) is 17.1 Å². The van der Waals surface area contributed by atoms with Crippen LogP contribution in [0.5, 0.6) is 5.75 Å². The summed E-state index contributed by atoms with van der Waals surface area (Å²) in [4.78, 5) is 21.7. The van der Waals surface area contributed by atoms with Crippen LogP contribution in [0.2, 0.25) is 0 Å². The Kier molecular flexibility index (Phi) is 6.54. The molecular formula is C20H24N4O2S. The van der Waals surface area contributed by atoms with Crippen molar-refractivity contribution in [2.75, 3.05) is 32.7 Å². The molecule has 2 heterocycles. The highest BCUT2D eigenvalue weighted by Gasteiger charge is 2.28. The number of nitriles is 1. The molecule has 0 N–H and O–H groups in total. The standard InChI is InChI=1S/C20H24N4O2S/c1-15(2)26-17-7-4-3-6-16(17)14-18-19(25)22-20(27-18)24-12-10-23(11-13-24)9-5-8-21/h3-4,6-7,14-15H,5,9-13H2,1-2H3/b18-14+. The van der Waals surface area contributed by atoms with Crippen molar-refractivity contribution in [3.63, 3.8) is 0 Å². The fourth-order valence-corrected chi connectivity index (χ4v) is 3.96. The van der Waals surface area contributed by atoms with E-state index in [4.69, 9.17) is 10.00 Å². The van der Waals surface area contributed by atoms with E-state index in [1.54, 1.807) is 0 Å². The molecule has 142 valence electrons. The van der Waals surface area contributed by atoms with Crippen molar-refractivity contribution in [1.29, 1.82) is 5.26 Å². The lowest BCUT2D eigenvalue weighted by Gasteiger charge is -2.34. The van der Waals surface area contributed by atoms with Crippen LogP contribution in [0.15, 0.2) is 34.2 Å². The Hall–Kier alpha value is -2.30. The molecule has 2 aliphatic heterocycles. The van der Waals surface area contributed by atoms with Gasteiger partial charge in [-0.2, -0.15) is 10.3 Å². The maximum Gasteiger partial charge on any atom is 0.286 e. The highest BCUT2D eigenvalue weighted by atomic mass is 32.2. The Labute approximate surface area is 164 Å². The predicted octanol–water partition coefficient (Wildman–Crippen LogP) is 2.98. The largest absolute Gasteiger partial charge is 0.490 e. The third-order valence-electron chi connectivity index (χ3n) is 4.36. The van der Waals surface area contributed by atoms with Crippen LogP contribution in [0.4, 0.5) is 0 Å². The van der Waals surface area contributed by atoms with E-state index in [1.165, 1.54) is 11.8 Å². The van der Waals surface area contributed by atoms with Gasteiger partial charge in [0.25, 0.3) is 5.91 Å². The molecule has 1 amide bonds. The molecule has 2 aliphatic rings. The minimum Gasteiger partial charge on any atom is -0.490 e. The summed E-state index contributed by atoms with van der Waals surface area (Å²) in [6.45, 7) is 8.20. The van der Waals surface area contributed by atoms with Crippen LogP contribution < -0.4 is 4.74 Å². The third kappa shape index (κ3) is 5.12. The smallest absolute Gasteiger partial charge is 0.286 e. The number of para-hydroxylation sites is 1. The Morgan fingerprint density at radius 1 is 1.30 bits per heavy atom. The first-order valence-electron chi connectivity index (χ1n) is 9.19. The van der Waals surface area contributed by atoms with Gasteiger partial charge < -0.3 is 9.64 Å². The van der Waals surface area contributed by atoms with E-state index in [-0.39, 0.29) is 12.0 Å². The van der Waals surface area contributed by atoms with E-state index in [0.717, 1.165) is 49.2 Å². The Bertz CT molecular complexity index is 789. The molecule has 0 atom stereocenters. The summed E-state index contributed by atoms with van der Waals surface area (Å²) < 4.78 is 5.84. The van der Waals surface area contributed by atoms with Crippen molar-refractivity contribution in [2.24, 2.45) is 4.99 Å². The SMILES string of the molecule is CC(C)Oc1ccccc1/C=C1/SC(N2CCN(CCC#N)CC2)=NC1=O. The molecule has 0 radical (unpaired) electrons. The summed E-state index contributed by atoms with van der Waals surface area (Å²) in [7, 11) is 0. The first-order valence-corrected chi connectivity index (χ1v) is 10.0. The third-order valence-corrected chi connectivity index (χ3v) is 5.40. The van der Waals surface area contributed by atoms with Crippen LogP contribution in [0.3, 0.4) is 0 Å². The molecule has 7 heteroatoms. The second kappa shape index (κ2) is 9.07. The fourth-order valence-electron chi connectivity index (χ4n) is 3.01. The van der Waals surface area contributed by atoms with E-state index in [1.807, 2.05) is 44.2 Å². The lowest BCUT2D eigenvalue weighted by molar-refractivity contribution is -0.113. The van der Waals surface area contributed by atoms with Crippen LogP contribution in [0.25, 0.3) is 6.08 Å². The maximum absolute atomic E-state index is 12.4. The zero-order valence-electron chi connectivity index (χ0n) is 15.7. The minimum absolute atomic E-state index is 0.0700. The van der Waals surface area contributed by atoms with Gasteiger partial charge in [0.1, 0.15) is 5.75 Å². The number of piperazine rings is 1. The average Bonchev–Trinajstić information content (AvgIpc) is 3.02. The number of thioether (sulfide) groups is 1. The Balaban J connectivity index is 1.65. The minimum atomic E-state index is -0.193. The average molecular weight is 385 g/mol. The van der Waals surface area contributed by atoms with Crippen molar-refractivity contribution in [1.82, 2.24) is 9.80 Å². The van der Waals surface area contributed by atoms with Crippen LogP contribution in [-0.2, 0) is 4.79 Å². The second-order valence-corrected chi connectivity index (χ2v) is 7.76. The number of carbonyl (C=O) groups excluding carboxylic acids is 1. The molecule has 0 spiro atoms. The molecule has 0 saturated carbocycles. The normalized spacial score (nSPS) is 19.5. The summed E-state index contributed by atoms with van der Waals surface area (Å²) in [6.07, 6.45) is 2.49. The summed E-state index contributed by atoms with van der Waals surface area (Å²) in [5.74, 6) is 0.578. The molecule has 0 aromatic heterocycles. The van der Waals surface area contributed by atoms with Crippen molar-refractivity contribution in [3.8, 4) is 11.8 Å². The molecule has 6 nitrogen and oxygen atoms in total. The summed E-state index contributed by atoms with van der Waals surface area (Å²) >= 11 is 1.43. The zero-order chi connectivity index (χ0) is 19.2. The topological polar surface area (TPSA) is 68.9 Å². The van der Waals surface area contributed by atoms with Gasteiger partial charge in [-0.1, -0.05) is 18.2 Å². The zero-order valence-corrected chi connectivity index (χ0v) is 16.5. The Morgan fingerprint density at radius 2 is 2.04 bits per heavy atom. The molecule has 0 aliphatic carbocycles. The number of benzene rings is 1. The van der Waals surface area contributed by atoms with Gasteiger partial charge in [0.15, 0.2) is 5.17 Å². The molecule has 0 unspecified atom stereocenters. The van der Waals surface area contributed by atoms with Gasteiger partial charge in [-0.05, 0) is 37.8 Å². The van der Waals surface area contributed by atoms with E-state index in [0.29, 0.717) is 11.3 Å². The van der Waals surface area contributed by atoms with Gasteiger partial charge in [-0.15, -0.1) is 0 Å².